The smallest absolute Gasteiger partial charge is 0.255 e. The molecule has 0 bridgehead atoms. The van der Waals surface area contributed by atoms with Gasteiger partial charge in [-0.3, -0.25) is 19.7 Å². The zero-order valence-electron chi connectivity index (χ0n) is 20.4. The predicted octanol–water partition coefficient (Wildman–Crippen LogP) is 2.30. The number of hydrogen-bond acceptors (Lipinski definition) is 6. The van der Waals surface area contributed by atoms with Crippen LogP contribution in [0, 0.1) is 5.82 Å². The van der Waals surface area contributed by atoms with Crippen molar-refractivity contribution < 1.29 is 31.9 Å². The Balaban J connectivity index is 1.31. The molecule has 5 rings (SSSR count). The highest BCUT2D eigenvalue weighted by molar-refractivity contribution is 7.88. The molecule has 1 atom stereocenters. The van der Waals surface area contributed by atoms with Crippen LogP contribution in [0.2, 0.25) is 0 Å². The van der Waals surface area contributed by atoms with Crippen LogP contribution >= 0.6 is 0 Å². The number of fused-ring (bicyclic) bond motifs is 1. The SMILES string of the molecule is COc1cccc(CS(=O)(=O)N2CCC(c3cc(F)cc4c3CN(C3CCC(=O)NC3=O)C4=O)CC2)c1. The largest absolute Gasteiger partial charge is 0.497 e. The number of piperidine rings is 2. The first-order chi connectivity index (χ1) is 17.7. The molecule has 0 radical (unpaired) electrons. The first-order valence-corrected chi connectivity index (χ1v) is 13.8. The number of amides is 3. The van der Waals surface area contributed by atoms with Crippen LogP contribution in [-0.4, -0.2) is 61.6 Å². The van der Waals surface area contributed by atoms with Crippen molar-refractivity contribution in [3.8, 4) is 5.75 Å². The fourth-order valence-electron chi connectivity index (χ4n) is 5.53. The van der Waals surface area contributed by atoms with Crippen molar-refractivity contribution in [1.82, 2.24) is 14.5 Å². The van der Waals surface area contributed by atoms with E-state index in [-0.39, 0.29) is 55.6 Å². The number of nitrogens with zero attached hydrogens (tertiary/aromatic N) is 2. The van der Waals surface area contributed by atoms with Gasteiger partial charge in [-0.25, -0.2) is 17.1 Å². The number of carbonyl (C=O) groups excluding carboxylic acids is 3. The average molecular weight is 530 g/mol. The van der Waals surface area contributed by atoms with Crippen LogP contribution in [0.1, 0.15) is 58.6 Å². The summed E-state index contributed by atoms with van der Waals surface area (Å²) in [5, 5.41) is 2.27. The van der Waals surface area contributed by atoms with E-state index in [1.54, 1.807) is 24.3 Å². The number of hydrogen-bond donors (Lipinski definition) is 1. The van der Waals surface area contributed by atoms with Gasteiger partial charge < -0.3 is 9.64 Å². The Bertz CT molecular complexity index is 1370. The van der Waals surface area contributed by atoms with E-state index < -0.39 is 33.7 Å². The second-order valence-corrected chi connectivity index (χ2v) is 11.7. The number of carbonyl (C=O) groups is 3. The quantitative estimate of drug-likeness (QED) is 0.575. The molecular weight excluding hydrogens is 501 g/mol. The number of methoxy groups -OCH3 is 1. The minimum absolute atomic E-state index is 0.123. The summed E-state index contributed by atoms with van der Waals surface area (Å²) >= 11 is 0. The van der Waals surface area contributed by atoms with Crippen LogP contribution in [0.4, 0.5) is 4.39 Å². The summed E-state index contributed by atoms with van der Waals surface area (Å²) in [5.74, 6) is -1.53. The summed E-state index contributed by atoms with van der Waals surface area (Å²) in [4.78, 5) is 38.4. The van der Waals surface area contributed by atoms with Crippen molar-refractivity contribution in [2.75, 3.05) is 20.2 Å². The standard InChI is InChI=1S/C26H28FN3O6S/c1-36-19-4-2-3-16(11-19)15-37(34,35)29-9-7-17(8-10-29)20-12-18(27)13-21-22(20)14-30(26(21)33)23-5-6-24(31)28-25(23)32/h2-4,11-13,17,23H,5-10,14-15H2,1H3,(H,28,31,32). The summed E-state index contributed by atoms with van der Waals surface area (Å²) < 4.78 is 47.4. The third kappa shape index (κ3) is 4.97. The summed E-state index contributed by atoms with van der Waals surface area (Å²) in [6.45, 7) is 0.727. The van der Waals surface area contributed by atoms with E-state index >= 15 is 0 Å². The van der Waals surface area contributed by atoms with E-state index in [1.165, 1.54) is 28.4 Å². The molecule has 9 nitrogen and oxygen atoms in total. The lowest BCUT2D eigenvalue weighted by Crippen LogP contribution is -2.52. The summed E-state index contributed by atoms with van der Waals surface area (Å²) in [6, 6.07) is 8.79. The van der Waals surface area contributed by atoms with Gasteiger partial charge >= 0.3 is 0 Å². The van der Waals surface area contributed by atoms with E-state index in [4.69, 9.17) is 4.74 Å². The molecule has 2 saturated heterocycles. The van der Waals surface area contributed by atoms with Gasteiger partial charge in [0.1, 0.15) is 17.6 Å². The zero-order chi connectivity index (χ0) is 26.3. The summed E-state index contributed by atoms with van der Waals surface area (Å²) in [5.41, 5.74) is 2.22. The summed E-state index contributed by atoms with van der Waals surface area (Å²) in [7, 11) is -2.03. The topological polar surface area (TPSA) is 113 Å². The minimum Gasteiger partial charge on any atom is -0.497 e. The number of nitrogens with one attached hydrogen (secondary N) is 1. The van der Waals surface area contributed by atoms with Crippen molar-refractivity contribution in [3.05, 3.63) is 64.5 Å². The van der Waals surface area contributed by atoms with Gasteiger partial charge in [0, 0.05) is 31.6 Å². The second-order valence-electron chi connectivity index (χ2n) is 9.70. The van der Waals surface area contributed by atoms with Gasteiger partial charge in [0.2, 0.25) is 21.8 Å². The second kappa shape index (κ2) is 9.86. The van der Waals surface area contributed by atoms with Gasteiger partial charge in [-0.15, -0.1) is 0 Å². The van der Waals surface area contributed by atoms with Crippen molar-refractivity contribution in [3.63, 3.8) is 0 Å². The highest BCUT2D eigenvalue weighted by atomic mass is 32.2. The minimum atomic E-state index is -3.56. The van der Waals surface area contributed by atoms with Crippen LogP contribution in [-0.2, 0) is 31.9 Å². The first-order valence-electron chi connectivity index (χ1n) is 12.2. The van der Waals surface area contributed by atoms with Crippen LogP contribution in [0.15, 0.2) is 36.4 Å². The van der Waals surface area contributed by atoms with Crippen molar-refractivity contribution in [2.45, 2.75) is 49.9 Å². The van der Waals surface area contributed by atoms with Crippen LogP contribution in [0.5, 0.6) is 5.75 Å². The molecular formula is C26H28FN3O6S. The molecule has 1 N–H and O–H groups in total. The first kappa shape index (κ1) is 25.3. The number of halogens is 1. The Morgan fingerprint density at radius 2 is 1.84 bits per heavy atom. The molecule has 0 aromatic heterocycles. The number of benzene rings is 2. The van der Waals surface area contributed by atoms with Crippen LogP contribution in [0.3, 0.4) is 0 Å². The van der Waals surface area contributed by atoms with E-state index in [9.17, 15) is 27.2 Å². The summed E-state index contributed by atoms with van der Waals surface area (Å²) in [6.07, 6.45) is 1.34. The van der Waals surface area contributed by atoms with E-state index in [0.717, 1.165) is 0 Å². The maximum absolute atomic E-state index is 14.6. The Labute approximate surface area is 214 Å². The van der Waals surface area contributed by atoms with E-state index in [0.29, 0.717) is 35.3 Å². The normalized spacial score (nSPS) is 21.2. The van der Waals surface area contributed by atoms with Crippen molar-refractivity contribution in [2.24, 2.45) is 0 Å². The molecule has 2 aromatic rings. The van der Waals surface area contributed by atoms with Gasteiger partial charge in [0.25, 0.3) is 5.91 Å². The fourth-order valence-corrected chi connectivity index (χ4v) is 7.08. The molecule has 0 aliphatic carbocycles. The molecule has 11 heteroatoms. The number of sulfonamides is 1. The van der Waals surface area contributed by atoms with Gasteiger partial charge in [0.15, 0.2) is 0 Å². The van der Waals surface area contributed by atoms with Crippen molar-refractivity contribution in [1.29, 1.82) is 0 Å². The van der Waals surface area contributed by atoms with Crippen LogP contribution in [0.25, 0.3) is 0 Å². The molecule has 1 unspecified atom stereocenters. The maximum Gasteiger partial charge on any atom is 0.255 e. The highest BCUT2D eigenvalue weighted by Gasteiger charge is 2.41. The third-order valence-corrected chi connectivity index (χ3v) is 9.28. The number of ether oxygens (including phenoxy) is 1. The Morgan fingerprint density at radius 3 is 2.54 bits per heavy atom. The van der Waals surface area contributed by atoms with E-state index in [1.807, 2.05) is 0 Å². The predicted molar refractivity (Wildman–Crippen MR) is 132 cm³/mol. The third-order valence-electron chi connectivity index (χ3n) is 7.43. The van der Waals surface area contributed by atoms with Gasteiger partial charge in [-0.1, -0.05) is 12.1 Å². The lowest BCUT2D eigenvalue weighted by Gasteiger charge is -2.32. The molecule has 196 valence electrons. The molecule has 0 saturated carbocycles. The number of imide groups is 1. The number of rotatable bonds is 6. The molecule has 3 aliphatic heterocycles. The van der Waals surface area contributed by atoms with Crippen LogP contribution < -0.4 is 10.1 Å². The molecule has 2 fully saturated rings. The van der Waals surface area contributed by atoms with Crippen molar-refractivity contribution >= 4 is 27.7 Å². The lowest BCUT2D eigenvalue weighted by atomic mass is 9.86. The van der Waals surface area contributed by atoms with Gasteiger partial charge in [0.05, 0.1) is 12.9 Å². The lowest BCUT2D eigenvalue weighted by molar-refractivity contribution is -0.136. The Morgan fingerprint density at radius 1 is 1.08 bits per heavy atom. The monoisotopic (exact) mass is 529 g/mol. The average Bonchev–Trinajstić information content (AvgIpc) is 3.19. The Hall–Kier alpha value is -3.31. The molecule has 0 spiro atoms. The molecule has 3 amide bonds. The molecule has 37 heavy (non-hydrogen) atoms. The zero-order valence-corrected chi connectivity index (χ0v) is 21.2. The van der Waals surface area contributed by atoms with Gasteiger partial charge in [-0.05, 0) is 66.1 Å². The fraction of sp³-hybridized carbons (Fsp3) is 0.423. The molecule has 3 heterocycles. The molecule has 3 aliphatic rings. The highest BCUT2D eigenvalue weighted by Crippen LogP contribution is 2.38. The molecule has 2 aromatic carbocycles. The van der Waals surface area contributed by atoms with Gasteiger partial charge in [-0.2, -0.15) is 0 Å². The maximum atomic E-state index is 14.6. The van der Waals surface area contributed by atoms with E-state index in [2.05, 4.69) is 5.32 Å². The Kier molecular flexibility index (Phi) is 6.76.